The SMILES string of the molecule is CN=C(NCCc1cccc(C(=O)NC)c1)NCCN1CCCN(C)CC1.I. The van der Waals surface area contributed by atoms with Gasteiger partial charge < -0.3 is 25.8 Å². The molecule has 0 unspecified atom stereocenters. The van der Waals surface area contributed by atoms with Gasteiger partial charge in [0, 0.05) is 52.4 Å². The average molecular weight is 502 g/mol. The maximum Gasteiger partial charge on any atom is 0.251 e. The molecule has 1 aliphatic rings. The van der Waals surface area contributed by atoms with Crippen molar-refractivity contribution in [3.63, 3.8) is 0 Å². The van der Waals surface area contributed by atoms with Crippen molar-refractivity contribution in [1.82, 2.24) is 25.8 Å². The standard InChI is InChI=1S/C20H34N6O.HI/c1-21-19(27)18-7-4-6-17(16-18)8-9-23-20(22-2)24-10-13-26-12-5-11-25(3)14-15-26;/h4,6-7,16H,5,8-15H2,1-3H3,(H,21,27)(H2,22,23,24);1H. The molecule has 1 amide bonds. The van der Waals surface area contributed by atoms with Crippen LogP contribution in [0.1, 0.15) is 22.3 Å². The predicted octanol–water partition coefficient (Wildman–Crippen LogP) is 1.01. The quantitative estimate of drug-likeness (QED) is 0.295. The van der Waals surface area contributed by atoms with Gasteiger partial charge in [0.25, 0.3) is 5.91 Å². The molecular weight excluding hydrogens is 467 g/mol. The Hall–Kier alpha value is -1.39. The number of nitrogens with zero attached hydrogens (tertiary/aromatic N) is 3. The lowest BCUT2D eigenvalue weighted by molar-refractivity contribution is 0.0963. The van der Waals surface area contributed by atoms with Crippen LogP contribution in [-0.2, 0) is 6.42 Å². The summed E-state index contributed by atoms with van der Waals surface area (Å²) in [5.41, 5.74) is 1.83. The smallest absolute Gasteiger partial charge is 0.251 e. The van der Waals surface area contributed by atoms with Crippen LogP contribution >= 0.6 is 24.0 Å². The number of rotatable bonds is 7. The van der Waals surface area contributed by atoms with E-state index in [4.69, 9.17) is 0 Å². The fourth-order valence-corrected chi connectivity index (χ4v) is 3.21. The molecule has 2 rings (SSSR count). The highest BCUT2D eigenvalue weighted by atomic mass is 127. The molecule has 0 aromatic heterocycles. The molecule has 28 heavy (non-hydrogen) atoms. The number of carbonyl (C=O) groups is 1. The first-order valence-electron chi connectivity index (χ1n) is 9.79. The molecule has 1 fully saturated rings. The summed E-state index contributed by atoms with van der Waals surface area (Å²) in [7, 11) is 5.64. The molecule has 0 bridgehead atoms. The van der Waals surface area contributed by atoms with Gasteiger partial charge in [-0.1, -0.05) is 12.1 Å². The summed E-state index contributed by atoms with van der Waals surface area (Å²) in [5, 5.41) is 9.40. The van der Waals surface area contributed by atoms with Crippen molar-refractivity contribution >= 4 is 35.8 Å². The van der Waals surface area contributed by atoms with Crippen LogP contribution in [0.4, 0.5) is 0 Å². The van der Waals surface area contributed by atoms with Gasteiger partial charge >= 0.3 is 0 Å². The third-order valence-electron chi connectivity index (χ3n) is 4.88. The summed E-state index contributed by atoms with van der Waals surface area (Å²) < 4.78 is 0. The van der Waals surface area contributed by atoms with E-state index in [0.29, 0.717) is 5.56 Å². The van der Waals surface area contributed by atoms with Gasteiger partial charge in [-0.3, -0.25) is 9.79 Å². The van der Waals surface area contributed by atoms with Crippen LogP contribution in [0.15, 0.2) is 29.3 Å². The molecule has 0 spiro atoms. The molecule has 7 nitrogen and oxygen atoms in total. The van der Waals surface area contributed by atoms with E-state index in [0.717, 1.165) is 50.7 Å². The van der Waals surface area contributed by atoms with E-state index in [1.807, 2.05) is 24.3 Å². The molecule has 0 atom stereocenters. The Morgan fingerprint density at radius 3 is 2.68 bits per heavy atom. The van der Waals surface area contributed by atoms with Gasteiger partial charge in [-0.2, -0.15) is 0 Å². The zero-order valence-electron chi connectivity index (χ0n) is 17.3. The number of guanidine groups is 1. The highest BCUT2D eigenvalue weighted by Gasteiger charge is 2.11. The van der Waals surface area contributed by atoms with E-state index >= 15 is 0 Å². The molecule has 158 valence electrons. The van der Waals surface area contributed by atoms with E-state index in [1.165, 1.54) is 19.5 Å². The van der Waals surface area contributed by atoms with Crippen LogP contribution < -0.4 is 16.0 Å². The molecule has 1 saturated heterocycles. The summed E-state index contributed by atoms with van der Waals surface area (Å²) in [6.45, 7) is 7.31. The van der Waals surface area contributed by atoms with E-state index < -0.39 is 0 Å². The lowest BCUT2D eigenvalue weighted by Crippen LogP contribution is -2.42. The second kappa shape index (κ2) is 13.7. The van der Waals surface area contributed by atoms with E-state index in [2.05, 4.69) is 37.8 Å². The number of nitrogens with one attached hydrogen (secondary N) is 3. The summed E-state index contributed by atoms with van der Waals surface area (Å²) in [4.78, 5) is 20.9. The Bertz CT molecular complexity index is 624. The predicted molar refractivity (Wildman–Crippen MR) is 127 cm³/mol. The third kappa shape index (κ3) is 8.74. The van der Waals surface area contributed by atoms with E-state index in [1.54, 1.807) is 14.1 Å². The molecular formula is C20H35IN6O. The molecule has 8 heteroatoms. The summed E-state index contributed by atoms with van der Waals surface area (Å²) in [6.07, 6.45) is 2.07. The number of likely N-dealkylation sites (N-methyl/N-ethyl adjacent to an activating group) is 1. The minimum atomic E-state index is -0.0537. The Labute approximate surface area is 186 Å². The highest BCUT2D eigenvalue weighted by Crippen LogP contribution is 2.05. The van der Waals surface area contributed by atoms with Crippen LogP contribution in [0, 0.1) is 0 Å². The Balaban J connectivity index is 0.00000392. The summed E-state index contributed by atoms with van der Waals surface area (Å²) in [5.74, 6) is 0.770. The minimum absolute atomic E-state index is 0. The third-order valence-corrected chi connectivity index (χ3v) is 4.88. The Morgan fingerprint density at radius 1 is 1.14 bits per heavy atom. The second-order valence-corrected chi connectivity index (χ2v) is 6.95. The summed E-state index contributed by atoms with van der Waals surface area (Å²) in [6, 6.07) is 7.73. The van der Waals surface area contributed by atoms with Crippen molar-refractivity contribution in [2.24, 2.45) is 4.99 Å². The molecule has 1 aliphatic heterocycles. The molecule has 0 aliphatic carbocycles. The first-order chi connectivity index (χ1) is 13.1. The molecule has 1 aromatic carbocycles. The topological polar surface area (TPSA) is 72.0 Å². The number of benzene rings is 1. The minimum Gasteiger partial charge on any atom is -0.356 e. The number of aliphatic imine (C=N–C) groups is 1. The van der Waals surface area contributed by atoms with Gasteiger partial charge in [0.2, 0.25) is 0 Å². The first-order valence-corrected chi connectivity index (χ1v) is 9.79. The van der Waals surface area contributed by atoms with E-state index in [-0.39, 0.29) is 29.9 Å². The number of hydrogen-bond acceptors (Lipinski definition) is 4. The summed E-state index contributed by atoms with van der Waals surface area (Å²) >= 11 is 0. The van der Waals surface area contributed by atoms with Crippen LogP contribution in [0.3, 0.4) is 0 Å². The van der Waals surface area contributed by atoms with Crippen molar-refractivity contribution in [2.75, 3.05) is 67.0 Å². The first kappa shape index (κ1) is 24.6. The highest BCUT2D eigenvalue weighted by molar-refractivity contribution is 14.0. The van der Waals surface area contributed by atoms with Crippen LogP contribution in [0.5, 0.6) is 0 Å². The Morgan fingerprint density at radius 2 is 1.93 bits per heavy atom. The van der Waals surface area contributed by atoms with Crippen LogP contribution in [0.25, 0.3) is 0 Å². The maximum atomic E-state index is 11.7. The van der Waals surface area contributed by atoms with Gasteiger partial charge in [-0.05, 0) is 50.7 Å². The monoisotopic (exact) mass is 502 g/mol. The van der Waals surface area contributed by atoms with Crippen LogP contribution in [0.2, 0.25) is 0 Å². The molecule has 3 N–H and O–H groups in total. The van der Waals surface area contributed by atoms with Crippen molar-refractivity contribution in [1.29, 1.82) is 0 Å². The van der Waals surface area contributed by atoms with Gasteiger partial charge in [0.15, 0.2) is 5.96 Å². The number of halogens is 1. The Kier molecular flexibility index (Phi) is 12.1. The van der Waals surface area contributed by atoms with Gasteiger partial charge in [0.05, 0.1) is 0 Å². The second-order valence-electron chi connectivity index (χ2n) is 6.95. The molecule has 0 radical (unpaired) electrons. The fraction of sp³-hybridized carbons (Fsp3) is 0.600. The average Bonchev–Trinajstić information content (AvgIpc) is 2.90. The normalized spacial score (nSPS) is 16.0. The van der Waals surface area contributed by atoms with Gasteiger partial charge in [0.1, 0.15) is 0 Å². The number of hydrogen-bond donors (Lipinski definition) is 3. The van der Waals surface area contributed by atoms with Gasteiger partial charge in [-0.15, -0.1) is 24.0 Å². The molecule has 0 saturated carbocycles. The van der Waals surface area contributed by atoms with Crippen molar-refractivity contribution in [2.45, 2.75) is 12.8 Å². The molecule has 1 heterocycles. The number of amides is 1. The lowest BCUT2D eigenvalue weighted by atomic mass is 10.1. The van der Waals surface area contributed by atoms with Crippen molar-refractivity contribution in [3.05, 3.63) is 35.4 Å². The fourth-order valence-electron chi connectivity index (χ4n) is 3.21. The van der Waals surface area contributed by atoms with Crippen molar-refractivity contribution < 1.29 is 4.79 Å². The maximum absolute atomic E-state index is 11.7. The number of carbonyl (C=O) groups excluding carboxylic acids is 1. The zero-order valence-corrected chi connectivity index (χ0v) is 19.7. The molecule has 1 aromatic rings. The lowest BCUT2D eigenvalue weighted by Gasteiger charge is -2.21. The van der Waals surface area contributed by atoms with Crippen molar-refractivity contribution in [3.8, 4) is 0 Å². The van der Waals surface area contributed by atoms with Gasteiger partial charge in [-0.25, -0.2) is 0 Å². The van der Waals surface area contributed by atoms with E-state index in [9.17, 15) is 4.79 Å². The van der Waals surface area contributed by atoms with Crippen LogP contribution in [-0.4, -0.2) is 88.6 Å². The largest absolute Gasteiger partial charge is 0.356 e. The zero-order chi connectivity index (χ0) is 19.5.